The summed E-state index contributed by atoms with van der Waals surface area (Å²) in [5.41, 5.74) is 1.56. The Morgan fingerprint density at radius 3 is 2.33 bits per heavy atom. The minimum absolute atomic E-state index is 0.249. The third-order valence-corrected chi connectivity index (χ3v) is 4.32. The number of sulfonamides is 1. The molecule has 2 aromatic rings. The Kier molecular flexibility index (Phi) is 5.30. The van der Waals surface area contributed by atoms with Crippen molar-refractivity contribution in [2.75, 3.05) is 11.3 Å². The number of nitrogens with one attached hydrogen (secondary N) is 2. The van der Waals surface area contributed by atoms with Crippen LogP contribution in [0.15, 0.2) is 53.7 Å². The van der Waals surface area contributed by atoms with Gasteiger partial charge in [-0.1, -0.05) is 19.1 Å². The summed E-state index contributed by atoms with van der Waals surface area (Å²) >= 11 is 0. The number of nitrogens with zero attached hydrogens (tertiary/aromatic N) is 1. The van der Waals surface area contributed by atoms with Crippen LogP contribution in [0.5, 0.6) is 0 Å². The number of hydrogen-bond donors (Lipinski definition) is 2. The summed E-state index contributed by atoms with van der Waals surface area (Å²) in [7, 11) is -3.55. The lowest BCUT2D eigenvalue weighted by atomic mass is 10.2. The van der Waals surface area contributed by atoms with Crippen LogP contribution in [0.3, 0.4) is 0 Å². The van der Waals surface area contributed by atoms with Crippen molar-refractivity contribution < 1.29 is 8.42 Å². The van der Waals surface area contributed by atoms with Crippen molar-refractivity contribution in [2.45, 2.75) is 24.8 Å². The van der Waals surface area contributed by atoms with Gasteiger partial charge in [0.2, 0.25) is 0 Å². The van der Waals surface area contributed by atoms with Crippen molar-refractivity contribution in [3.8, 4) is 0 Å². The van der Waals surface area contributed by atoms with E-state index in [1.54, 1.807) is 36.7 Å². The lowest BCUT2D eigenvalue weighted by molar-refractivity contribution is 0.601. The SMILES string of the molecule is CCCNCc1ccc(S(=O)(=O)Nc2ccncc2)cc1. The van der Waals surface area contributed by atoms with Gasteiger partial charge >= 0.3 is 0 Å². The van der Waals surface area contributed by atoms with Gasteiger partial charge in [0.1, 0.15) is 0 Å². The molecule has 0 aliphatic carbocycles. The summed E-state index contributed by atoms with van der Waals surface area (Å²) in [5, 5.41) is 3.28. The molecule has 1 heterocycles. The topological polar surface area (TPSA) is 71.1 Å². The van der Waals surface area contributed by atoms with Gasteiger partial charge in [0, 0.05) is 18.9 Å². The van der Waals surface area contributed by atoms with Crippen LogP contribution in [-0.2, 0) is 16.6 Å². The Morgan fingerprint density at radius 2 is 1.71 bits per heavy atom. The van der Waals surface area contributed by atoms with Crippen LogP contribution in [-0.4, -0.2) is 19.9 Å². The van der Waals surface area contributed by atoms with Gasteiger partial charge in [0.05, 0.1) is 10.6 Å². The van der Waals surface area contributed by atoms with Crippen LogP contribution in [0.25, 0.3) is 0 Å². The van der Waals surface area contributed by atoms with Gasteiger partial charge in [-0.05, 0) is 42.8 Å². The molecule has 0 atom stereocenters. The average molecular weight is 305 g/mol. The summed E-state index contributed by atoms with van der Waals surface area (Å²) in [6.07, 6.45) is 4.16. The number of rotatable bonds is 7. The van der Waals surface area contributed by atoms with Gasteiger partial charge in [0.15, 0.2) is 0 Å². The maximum Gasteiger partial charge on any atom is 0.261 e. The summed E-state index contributed by atoms with van der Waals surface area (Å²) < 4.78 is 27.0. The quantitative estimate of drug-likeness (QED) is 0.771. The van der Waals surface area contributed by atoms with Gasteiger partial charge in [-0.2, -0.15) is 0 Å². The van der Waals surface area contributed by atoms with E-state index in [2.05, 4.69) is 21.9 Å². The Balaban J connectivity index is 2.06. The molecule has 0 spiro atoms. The standard InChI is InChI=1S/C15H19N3O2S/c1-2-9-17-12-13-3-5-15(6-4-13)21(19,20)18-14-7-10-16-11-8-14/h3-8,10-11,17H,2,9,12H2,1H3,(H,16,18). The smallest absolute Gasteiger partial charge is 0.261 e. The van der Waals surface area contributed by atoms with E-state index in [9.17, 15) is 8.42 Å². The van der Waals surface area contributed by atoms with E-state index >= 15 is 0 Å². The zero-order valence-corrected chi connectivity index (χ0v) is 12.7. The van der Waals surface area contributed by atoms with E-state index in [4.69, 9.17) is 0 Å². The Bertz CT molecular complexity index is 655. The zero-order chi connectivity index (χ0) is 15.1. The molecule has 0 amide bonds. The van der Waals surface area contributed by atoms with E-state index < -0.39 is 10.0 Å². The molecule has 0 aliphatic heterocycles. The maximum absolute atomic E-state index is 12.2. The third kappa shape index (κ3) is 4.54. The second-order valence-electron chi connectivity index (χ2n) is 4.66. The van der Waals surface area contributed by atoms with Crippen LogP contribution in [0.2, 0.25) is 0 Å². The van der Waals surface area contributed by atoms with Crippen LogP contribution in [0, 0.1) is 0 Å². The molecular weight excluding hydrogens is 286 g/mol. The number of anilines is 1. The van der Waals surface area contributed by atoms with Crippen LogP contribution < -0.4 is 10.0 Å². The molecule has 0 fully saturated rings. The molecule has 2 rings (SSSR count). The molecule has 0 saturated carbocycles. The Hall–Kier alpha value is -1.92. The molecule has 0 bridgehead atoms. The summed E-state index contributed by atoms with van der Waals surface area (Å²) in [6, 6.07) is 10.1. The average Bonchev–Trinajstić information content (AvgIpc) is 2.49. The van der Waals surface area contributed by atoms with Crippen molar-refractivity contribution in [2.24, 2.45) is 0 Å². The molecule has 0 unspecified atom stereocenters. The number of aromatic nitrogens is 1. The molecule has 6 heteroatoms. The van der Waals surface area contributed by atoms with Crippen LogP contribution in [0.1, 0.15) is 18.9 Å². The largest absolute Gasteiger partial charge is 0.313 e. The van der Waals surface area contributed by atoms with Crippen molar-refractivity contribution >= 4 is 15.7 Å². The second-order valence-corrected chi connectivity index (χ2v) is 6.34. The lowest BCUT2D eigenvalue weighted by Crippen LogP contribution is -2.15. The van der Waals surface area contributed by atoms with Crippen molar-refractivity contribution in [3.05, 3.63) is 54.4 Å². The highest BCUT2D eigenvalue weighted by atomic mass is 32.2. The predicted molar refractivity (Wildman–Crippen MR) is 83.5 cm³/mol. The van der Waals surface area contributed by atoms with Crippen molar-refractivity contribution in [3.63, 3.8) is 0 Å². The van der Waals surface area contributed by atoms with E-state index in [-0.39, 0.29) is 4.90 Å². The normalized spacial score (nSPS) is 11.3. The first-order valence-corrected chi connectivity index (χ1v) is 8.32. The summed E-state index contributed by atoms with van der Waals surface area (Å²) in [6.45, 7) is 3.79. The number of benzene rings is 1. The highest BCUT2D eigenvalue weighted by Gasteiger charge is 2.13. The highest BCUT2D eigenvalue weighted by molar-refractivity contribution is 7.92. The number of pyridine rings is 1. The van der Waals surface area contributed by atoms with E-state index in [1.165, 1.54) is 0 Å². The molecule has 0 radical (unpaired) electrons. The Morgan fingerprint density at radius 1 is 1.05 bits per heavy atom. The van der Waals surface area contributed by atoms with Gasteiger partial charge in [-0.3, -0.25) is 9.71 Å². The first-order chi connectivity index (χ1) is 10.1. The van der Waals surface area contributed by atoms with E-state index in [1.807, 2.05) is 12.1 Å². The molecule has 1 aromatic heterocycles. The highest BCUT2D eigenvalue weighted by Crippen LogP contribution is 2.15. The minimum atomic E-state index is -3.55. The zero-order valence-electron chi connectivity index (χ0n) is 11.9. The Labute approximate surface area is 125 Å². The second kappa shape index (κ2) is 7.19. The van der Waals surface area contributed by atoms with E-state index in [0.717, 1.165) is 25.1 Å². The molecule has 5 nitrogen and oxygen atoms in total. The van der Waals surface area contributed by atoms with E-state index in [0.29, 0.717) is 5.69 Å². The maximum atomic E-state index is 12.2. The lowest BCUT2D eigenvalue weighted by Gasteiger charge is -2.09. The molecule has 21 heavy (non-hydrogen) atoms. The summed E-state index contributed by atoms with van der Waals surface area (Å²) in [5.74, 6) is 0. The van der Waals surface area contributed by atoms with Crippen molar-refractivity contribution in [1.29, 1.82) is 0 Å². The fourth-order valence-electron chi connectivity index (χ4n) is 1.83. The molecule has 0 saturated heterocycles. The van der Waals surface area contributed by atoms with Gasteiger partial charge in [-0.25, -0.2) is 8.42 Å². The molecule has 0 aliphatic rings. The van der Waals surface area contributed by atoms with Crippen LogP contribution in [0.4, 0.5) is 5.69 Å². The first kappa shape index (κ1) is 15.5. The first-order valence-electron chi connectivity index (χ1n) is 6.84. The van der Waals surface area contributed by atoms with Crippen LogP contribution >= 0.6 is 0 Å². The molecule has 2 N–H and O–H groups in total. The molecule has 112 valence electrons. The fraction of sp³-hybridized carbons (Fsp3) is 0.267. The van der Waals surface area contributed by atoms with Gasteiger partial charge in [-0.15, -0.1) is 0 Å². The minimum Gasteiger partial charge on any atom is -0.313 e. The van der Waals surface area contributed by atoms with Gasteiger partial charge in [0.25, 0.3) is 10.0 Å². The van der Waals surface area contributed by atoms with Gasteiger partial charge < -0.3 is 5.32 Å². The summed E-state index contributed by atoms with van der Waals surface area (Å²) in [4.78, 5) is 4.10. The third-order valence-electron chi connectivity index (χ3n) is 2.92. The predicted octanol–water partition coefficient (Wildman–Crippen LogP) is 2.38. The number of hydrogen-bond acceptors (Lipinski definition) is 4. The molecule has 1 aromatic carbocycles. The molecular formula is C15H19N3O2S. The fourth-order valence-corrected chi connectivity index (χ4v) is 2.89. The van der Waals surface area contributed by atoms with Crippen molar-refractivity contribution in [1.82, 2.24) is 10.3 Å². The monoisotopic (exact) mass is 305 g/mol.